The molecule has 78 valence electrons. The SMILES string of the molecule is COC(=O)c1cc(OC)cc[n+]1C.[I-]. The van der Waals surface area contributed by atoms with Crippen molar-refractivity contribution in [2.45, 2.75) is 0 Å². The number of esters is 1. The van der Waals surface area contributed by atoms with Crippen LogP contribution in [0.5, 0.6) is 5.75 Å². The molecule has 1 aromatic rings. The number of halogens is 1. The summed E-state index contributed by atoms with van der Waals surface area (Å²) in [6.07, 6.45) is 1.74. The van der Waals surface area contributed by atoms with Gasteiger partial charge in [-0.3, -0.25) is 0 Å². The van der Waals surface area contributed by atoms with E-state index >= 15 is 0 Å². The summed E-state index contributed by atoms with van der Waals surface area (Å²) in [6.45, 7) is 0. The molecule has 0 aromatic carbocycles. The lowest BCUT2D eigenvalue weighted by atomic mass is 10.3. The number of nitrogens with zero attached hydrogens (tertiary/aromatic N) is 1. The first-order valence-electron chi connectivity index (χ1n) is 3.81. The van der Waals surface area contributed by atoms with Gasteiger partial charge in [0, 0.05) is 6.07 Å². The summed E-state index contributed by atoms with van der Waals surface area (Å²) >= 11 is 0. The van der Waals surface area contributed by atoms with E-state index in [2.05, 4.69) is 4.74 Å². The standard InChI is InChI=1S/C9H12NO3.HI/c1-10-5-4-7(12-2)6-8(10)9(11)13-3;/h4-6H,1-3H3;1H/q+1;/p-1. The maximum Gasteiger partial charge on any atom is 0.403 e. The van der Waals surface area contributed by atoms with E-state index < -0.39 is 0 Å². The van der Waals surface area contributed by atoms with Gasteiger partial charge in [-0.2, -0.15) is 4.57 Å². The van der Waals surface area contributed by atoms with E-state index in [4.69, 9.17) is 4.74 Å². The normalized spacial score (nSPS) is 8.79. The number of pyridine rings is 1. The second-order valence-corrected chi connectivity index (χ2v) is 2.55. The molecule has 0 aliphatic rings. The molecule has 1 heterocycles. The maximum atomic E-state index is 11.2. The number of hydrogen-bond donors (Lipinski definition) is 0. The number of aryl methyl sites for hydroxylation is 1. The molecule has 0 spiro atoms. The van der Waals surface area contributed by atoms with Crippen molar-refractivity contribution >= 4 is 5.97 Å². The molecular weight excluding hydrogens is 297 g/mol. The lowest BCUT2D eigenvalue weighted by Crippen LogP contribution is -3.00. The van der Waals surface area contributed by atoms with Crippen LogP contribution in [0.2, 0.25) is 0 Å². The van der Waals surface area contributed by atoms with Gasteiger partial charge in [0.05, 0.1) is 20.3 Å². The lowest BCUT2D eigenvalue weighted by molar-refractivity contribution is -0.674. The van der Waals surface area contributed by atoms with Crippen molar-refractivity contribution in [2.75, 3.05) is 14.2 Å². The number of carbonyl (C=O) groups excluding carboxylic acids is 1. The van der Waals surface area contributed by atoms with Crippen molar-refractivity contribution < 1.29 is 42.8 Å². The predicted molar refractivity (Wildman–Crippen MR) is 45.5 cm³/mol. The van der Waals surface area contributed by atoms with Crippen LogP contribution < -0.4 is 33.3 Å². The fraction of sp³-hybridized carbons (Fsp3) is 0.333. The molecule has 0 saturated heterocycles. The first kappa shape index (κ1) is 13.2. The van der Waals surface area contributed by atoms with Crippen molar-refractivity contribution in [3.05, 3.63) is 24.0 Å². The largest absolute Gasteiger partial charge is 1.00 e. The van der Waals surface area contributed by atoms with E-state index in [0.29, 0.717) is 11.4 Å². The zero-order valence-electron chi connectivity index (χ0n) is 8.28. The van der Waals surface area contributed by atoms with Crippen LogP contribution in [0.3, 0.4) is 0 Å². The van der Waals surface area contributed by atoms with Crippen molar-refractivity contribution in [3.8, 4) is 5.75 Å². The molecule has 0 saturated carbocycles. The Morgan fingerprint density at radius 1 is 1.43 bits per heavy atom. The highest BCUT2D eigenvalue weighted by Crippen LogP contribution is 2.08. The fourth-order valence-electron chi connectivity index (χ4n) is 0.985. The summed E-state index contributed by atoms with van der Waals surface area (Å²) in [4.78, 5) is 11.2. The molecule has 0 unspecified atom stereocenters. The van der Waals surface area contributed by atoms with Crippen LogP contribution in [0.1, 0.15) is 10.5 Å². The van der Waals surface area contributed by atoms with Gasteiger partial charge in [-0.05, 0) is 0 Å². The third-order valence-corrected chi connectivity index (χ3v) is 1.75. The van der Waals surface area contributed by atoms with Crippen LogP contribution in [0, 0.1) is 0 Å². The summed E-state index contributed by atoms with van der Waals surface area (Å²) in [5.74, 6) is 0.264. The van der Waals surface area contributed by atoms with Crippen LogP contribution in [0.4, 0.5) is 0 Å². The van der Waals surface area contributed by atoms with Gasteiger partial charge in [0.15, 0.2) is 6.20 Å². The molecular formula is C9H12INO3. The Bertz CT molecular complexity index is 328. The van der Waals surface area contributed by atoms with Crippen LogP contribution in [0.15, 0.2) is 18.3 Å². The molecule has 0 aliphatic heterocycles. The third-order valence-electron chi connectivity index (χ3n) is 1.75. The minimum absolute atomic E-state index is 0. The van der Waals surface area contributed by atoms with Gasteiger partial charge in [-0.1, -0.05) is 0 Å². The number of hydrogen-bond acceptors (Lipinski definition) is 3. The molecule has 4 nitrogen and oxygen atoms in total. The Labute approximate surface area is 99.9 Å². The first-order valence-corrected chi connectivity index (χ1v) is 3.81. The van der Waals surface area contributed by atoms with E-state index in [1.165, 1.54) is 7.11 Å². The third kappa shape index (κ3) is 2.83. The Morgan fingerprint density at radius 2 is 2.07 bits per heavy atom. The molecule has 0 N–H and O–H groups in total. The molecule has 0 bridgehead atoms. The van der Waals surface area contributed by atoms with Gasteiger partial charge >= 0.3 is 5.97 Å². The van der Waals surface area contributed by atoms with E-state index in [-0.39, 0.29) is 29.9 Å². The molecule has 0 atom stereocenters. The topological polar surface area (TPSA) is 39.4 Å². The van der Waals surface area contributed by atoms with Crippen molar-refractivity contribution in [1.82, 2.24) is 0 Å². The van der Waals surface area contributed by atoms with Gasteiger partial charge in [-0.25, -0.2) is 4.79 Å². The minimum atomic E-state index is -0.374. The van der Waals surface area contributed by atoms with Gasteiger partial charge in [0.25, 0.3) is 5.69 Å². The van der Waals surface area contributed by atoms with E-state index in [1.54, 1.807) is 37.1 Å². The van der Waals surface area contributed by atoms with E-state index in [9.17, 15) is 4.79 Å². The average molecular weight is 309 g/mol. The van der Waals surface area contributed by atoms with Gasteiger partial charge in [0.1, 0.15) is 12.8 Å². The Kier molecular flexibility index (Phi) is 5.44. The number of methoxy groups -OCH3 is 2. The van der Waals surface area contributed by atoms with Crippen LogP contribution in [-0.4, -0.2) is 20.2 Å². The van der Waals surface area contributed by atoms with E-state index in [0.717, 1.165) is 0 Å². The van der Waals surface area contributed by atoms with Gasteiger partial charge < -0.3 is 33.5 Å². The van der Waals surface area contributed by atoms with Gasteiger partial charge in [-0.15, -0.1) is 0 Å². The molecule has 0 fully saturated rings. The second kappa shape index (κ2) is 5.79. The zero-order valence-corrected chi connectivity index (χ0v) is 10.4. The van der Waals surface area contributed by atoms with Gasteiger partial charge in [0.2, 0.25) is 0 Å². The molecule has 0 aliphatic carbocycles. The Hall–Kier alpha value is -0.850. The summed E-state index contributed by atoms with van der Waals surface area (Å²) < 4.78 is 11.3. The summed E-state index contributed by atoms with van der Waals surface area (Å²) in [6, 6.07) is 3.40. The fourth-order valence-corrected chi connectivity index (χ4v) is 0.985. The van der Waals surface area contributed by atoms with Crippen molar-refractivity contribution in [1.29, 1.82) is 0 Å². The van der Waals surface area contributed by atoms with Crippen molar-refractivity contribution in [3.63, 3.8) is 0 Å². The lowest BCUT2D eigenvalue weighted by Gasteiger charge is -2.00. The number of carbonyl (C=O) groups is 1. The Balaban J connectivity index is 0.00000169. The highest BCUT2D eigenvalue weighted by Gasteiger charge is 2.17. The summed E-state index contributed by atoms with van der Waals surface area (Å²) in [5, 5.41) is 0. The molecule has 0 radical (unpaired) electrons. The average Bonchev–Trinajstić information content (AvgIpc) is 2.17. The number of aromatic nitrogens is 1. The predicted octanol–water partition coefficient (Wildman–Crippen LogP) is -2.69. The number of rotatable bonds is 2. The zero-order chi connectivity index (χ0) is 9.84. The smallest absolute Gasteiger partial charge is 0.403 e. The Morgan fingerprint density at radius 3 is 2.57 bits per heavy atom. The molecule has 1 aromatic heterocycles. The molecule has 5 heteroatoms. The second-order valence-electron chi connectivity index (χ2n) is 2.55. The monoisotopic (exact) mass is 309 g/mol. The summed E-state index contributed by atoms with van der Waals surface area (Å²) in [5.41, 5.74) is 0.460. The molecule has 0 amide bonds. The first-order chi connectivity index (χ1) is 6.19. The van der Waals surface area contributed by atoms with Crippen LogP contribution in [0.25, 0.3) is 0 Å². The summed E-state index contributed by atoms with van der Waals surface area (Å²) in [7, 11) is 4.67. The van der Waals surface area contributed by atoms with Crippen LogP contribution >= 0.6 is 0 Å². The quantitative estimate of drug-likeness (QED) is 0.339. The highest BCUT2D eigenvalue weighted by molar-refractivity contribution is 5.85. The van der Waals surface area contributed by atoms with Crippen LogP contribution in [-0.2, 0) is 11.8 Å². The molecule has 14 heavy (non-hydrogen) atoms. The number of ether oxygens (including phenoxy) is 2. The minimum Gasteiger partial charge on any atom is -1.00 e. The van der Waals surface area contributed by atoms with E-state index in [1.807, 2.05) is 0 Å². The highest BCUT2D eigenvalue weighted by atomic mass is 127. The maximum absolute atomic E-state index is 11.2. The van der Waals surface area contributed by atoms with Crippen molar-refractivity contribution in [2.24, 2.45) is 7.05 Å². The molecule has 1 rings (SSSR count).